The van der Waals surface area contributed by atoms with Gasteiger partial charge in [0.25, 0.3) is 0 Å². The number of hydrogen-bond acceptors (Lipinski definition) is 8. The van der Waals surface area contributed by atoms with Crippen LogP contribution >= 0.6 is 0 Å². The first-order valence-corrected chi connectivity index (χ1v) is 13.7. The monoisotopic (exact) mass is 514 g/mol. The van der Waals surface area contributed by atoms with Gasteiger partial charge in [-0.05, 0) is 50.3 Å². The molecule has 0 bridgehead atoms. The smallest absolute Gasteiger partial charge is 0.328 e. The van der Waals surface area contributed by atoms with Crippen molar-refractivity contribution in [2.24, 2.45) is 16.6 Å². The number of nitrogens with two attached hydrogens (primary N) is 1. The van der Waals surface area contributed by atoms with Gasteiger partial charge in [-0.1, -0.05) is 25.7 Å². The second-order valence-electron chi connectivity index (χ2n) is 10.5. The number of carbonyl (C=O) groups excluding carboxylic acids is 2. The number of amides is 1. The Morgan fingerprint density at radius 2 is 1.86 bits per heavy atom. The van der Waals surface area contributed by atoms with E-state index in [2.05, 4.69) is 4.99 Å². The Hall–Kier alpha value is -2.81. The highest BCUT2D eigenvalue weighted by molar-refractivity contribution is 5.89. The van der Waals surface area contributed by atoms with Gasteiger partial charge in [0.2, 0.25) is 5.91 Å². The molecule has 1 aromatic carbocycles. The Kier molecular flexibility index (Phi) is 9.29. The molecule has 0 spiro atoms. The third-order valence-corrected chi connectivity index (χ3v) is 8.23. The van der Waals surface area contributed by atoms with Crippen molar-refractivity contribution >= 4 is 23.5 Å². The largest absolute Gasteiger partial charge is 0.494 e. The highest BCUT2D eigenvalue weighted by Crippen LogP contribution is 2.36. The minimum atomic E-state index is -0.570. The Balaban J connectivity index is 1.39. The summed E-state index contributed by atoms with van der Waals surface area (Å²) in [7, 11) is 5.03. The predicted octanol–water partition coefficient (Wildman–Crippen LogP) is 3.76. The van der Waals surface area contributed by atoms with Crippen LogP contribution in [-0.2, 0) is 25.6 Å². The maximum Gasteiger partial charge on any atom is 0.328 e. The quantitative estimate of drug-likeness (QED) is 0.374. The van der Waals surface area contributed by atoms with Gasteiger partial charge in [-0.25, -0.2) is 9.79 Å². The molecule has 0 aromatic heterocycles. The van der Waals surface area contributed by atoms with Crippen molar-refractivity contribution in [1.82, 2.24) is 9.80 Å². The fourth-order valence-corrected chi connectivity index (χ4v) is 6.10. The number of ether oxygens (including phenoxy) is 3. The van der Waals surface area contributed by atoms with Gasteiger partial charge in [0.15, 0.2) is 5.96 Å². The normalized spacial score (nSPS) is 22.7. The molecule has 3 unspecified atom stereocenters. The number of carbonyl (C=O) groups is 2. The molecule has 2 N–H and O–H groups in total. The molecule has 1 aliphatic heterocycles. The summed E-state index contributed by atoms with van der Waals surface area (Å²) in [6.07, 6.45) is 9.66. The van der Waals surface area contributed by atoms with Gasteiger partial charge < -0.3 is 29.7 Å². The van der Waals surface area contributed by atoms with E-state index in [1.807, 2.05) is 35.0 Å². The molecule has 37 heavy (non-hydrogen) atoms. The van der Waals surface area contributed by atoms with Gasteiger partial charge in [-0.3, -0.25) is 4.79 Å². The Morgan fingerprint density at radius 3 is 2.59 bits per heavy atom. The molecule has 2 fully saturated rings. The number of nitrogens with zero attached hydrogens (tertiary/aromatic N) is 3. The van der Waals surface area contributed by atoms with Crippen molar-refractivity contribution in [2.45, 2.75) is 88.9 Å². The second-order valence-corrected chi connectivity index (χ2v) is 10.5. The lowest BCUT2D eigenvalue weighted by Gasteiger charge is -2.42. The molecule has 4 rings (SSSR count). The topological polar surface area (TPSA) is 107 Å². The van der Waals surface area contributed by atoms with Crippen LogP contribution in [0.5, 0.6) is 5.75 Å². The van der Waals surface area contributed by atoms with Gasteiger partial charge in [-0.2, -0.15) is 0 Å². The lowest BCUT2D eigenvalue weighted by atomic mass is 9.80. The first kappa shape index (κ1) is 27.2. The minimum Gasteiger partial charge on any atom is -0.494 e. The van der Waals surface area contributed by atoms with E-state index in [0.717, 1.165) is 49.8 Å². The van der Waals surface area contributed by atoms with E-state index in [9.17, 15) is 9.59 Å². The second kappa shape index (κ2) is 12.6. The molecule has 204 valence electrons. The standard InChI is InChI=1S/C28H42N4O5/c1-31(20-9-4-5-10-20)25(33)13-8-16-37-21-14-15-23-19(17-21)18-32(28(29)30-23)26(27(34)36-3)22-11-6-7-12-24(22)35-2/h14-15,17,20,22,24,26H,4-13,16,18H2,1-3H3,(H2,29,30). The summed E-state index contributed by atoms with van der Waals surface area (Å²) in [5.41, 5.74) is 8.08. The molecule has 9 nitrogen and oxygen atoms in total. The van der Waals surface area contributed by atoms with Crippen LogP contribution in [0.15, 0.2) is 23.2 Å². The van der Waals surface area contributed by atoms with Crippen molar-refractivity contribution in [3.63, 3.8) is 0 Å². The van der Waals surface area contributed by atoms with Crippen LogP contribution in [0, 0.1) is 5.92 Å². The SMILES string of the molecule is COC(=O)C(C1CCCCC1OC)N1Cc2cc(OCCCC(=O)N(C)C3CCCC3)ccc2N=C1N. The Bertz CT molecular complexity index is 977. The molecule has 0 saturated heterocycles. The first-order chi connectivity index (χ1) is 17.9. The average molecular weight is 515 g/mol. The minimum absolute atomic E-state index is 0.0270. The summed E-state index contributed by atoms with van der Waals surface area (Å²) >= 11 is 0. The predicted molar refractivity (Wildman–Crippen MR) is 142 cm³/mol. The molecule has 3 aliphatic rings. The number of guanidine groups is 1. The van der Waals surface area contributed by atoms with Crippen LogP contribution in [0.2, 0.25) is 0 Å². The summed E-state index contributed by atoms with van der Waals surface area (Å²) in [6.45, 7) is 0.889. The van der Waals surface area contributed by atoms with E-state index in [1.54, 1.807) is 7.11 Å². The van der Waals surface area contributed by atoms with Crippen molar-refractivity contribution < 1.29 is 23.8 Å². The van der Waals surface area contributed by atoms with E-state index >= 15 is 0 Å². The van der Waals surface area contributed by atoms with Crippen molar-refractivity contribution in [3.05, 3.63) is 23.8 Å². The summed E-state index contributed by atoms with van der Waals surface area (Å²) in [6, 6.07) is 5.54. The van der Waals surface area contributed by atoms with Gasteiger partial charge in [0.1, 0.15) is 11.8 Å². The highest BCUT2D eigenvalue weighted by atomic mass is 16.5. The van der Waals surface area contributed by atoms with Crippen LogP contribution in [0.1, 0.15) is 69.8 Å². The molecular formula is C28H42N4O5. The van der Waals surface area contributed by atoms with Crippen LogP contribution in [0.25, 0.3) is 0 Å². The summed E-state index contributed by atoms with van der Waals surface area (Å²) in [4.78, 5) is 33.8. The molecule has 1 heterocycles. The molecule has 9 heteroatoms. The zero-order valence-corrected chi connectivity index (χ0v) is 22.5. The van der Waals surface area contributed by atoms with E-state index in [4.69, 9.17) is 19.9 Å². The summed E-state index contributed by atoms with van der Waals surface area (Å²) in [5.74, 6) is 0.860. The number of aliphatic imine (C=N–C) groups is 1. The number of hydrogen-bond donors (Lipinski definition) is 1. The fraction of sp³-hybridized carbons (Fsp3) is 0.679. The number of benzene rings is 1. The van der Waals surface area contributed by atoms with Gasteiger partial charge in [0, 0.05) is 44.6 Å². The summed E-state index contributed by atoms with van der Waals surface area (Å²) in [5, 5.41) is 0. The lowest BCUT2D eigenvalue weighted by molar-refractivity contribution is -0.151. The lowest BCUT2D eigenvalue weighted by Crippen LogP contribution is -2.56. The van der Waals surface area contributed by atoms with Crippen LogP contribution in [-0.4, -0.2) is 73.7 Å². The number of methoxy groups -OCH3 is 2. The van der Waals surface area contributed by atoms with Gasteiger partial charge in [0.05, 0.1) is 25.5 Å². The molecule has 2 aliphatic carbocycles. The number of fused-ring (bicyclic) bond motifs is 1. The van der Waals surface area contributed by atoms with Crippen LogP contribution in [0.3, 0.4) is 0 Å². The Labute approximate surface area is 220 Å². The van der Waals surface area contributed by atoms with Gasteiger partial charge >= 0.3 is 5.97 Å². The third kappa shape index (κ3) is 6.37. The third-order valence-electron chi connectivity index (χ3n) is 8.23. The molecule has 0 radical (unpaired) electrons. The molecule has 1 amide bonds. The molecule has 1 aromatic rings. The molecule has 3 atom stereocenters. The van der Waals surface area contributed by atoms with Gasteiger partial charge in [-0.15, -0.1) is 0 Å². The van der Waals surface area contributed by atoms with E-state index in [0.29, 0.717) is 43.7 Å². The maximum absolute atomic E-state index is 13.0. The van der Waals surface area contributed by atoms with Crippen molar-refractivity contribution in [3.8, 4) is 5.75 Å². The highest BCUT2D eigenvalue weighted by Gasteiger charge is 2.42. The fourth-order valence-electron chi connectivity index (χ4n) is 6.10. The van der Waals surface area contributed by atoms with E-state index < -0.39 is 6.04 Å². The van der Waals surface area contributed by atoms with Crippen LogP contribution in [0.4, 0.5) is 5.69 Å². The maximum atomic E-state index is 13.0. The first-order valence-electron chi connectivity index (χ1n) is 13.7. The number of esters is 1. The van der Waals surface area contributed by atoms with E-state index in [-0.39, 0.29) is 23.9 Å². The number of rotatable bonds is 10. The Morgan fingerprint density at radius 1 is 1.14 bits per heavy atom. The summed E-state index contributed by atoms with van der Waals surface area (Å²) < 4.78 is 16.9. The molecule has 2 saturated carbocycles. The molecular weight excluding hydrogens is 472 g/mol. The zero-order valence-electron chi connectivity index (χ0n) is 22.5. The average Bonchev–Trinajstić information content (AvgIpc) is 3.46. The van der Waals surface area contributed by atoms with E-state index in [1.165, 1.54) is 20.0 Å². The van der Waals surface area contributed by atoms with Crippen LogP contribution < -0.4 is 10.5 Å². The van der Waals surface area contributed by atoms with Crippen molar-refractivity contribution in [1.29, 1.82) is 0 Å². The zero-order chi connectivity index (χ0) is 26.4. The van der Waals surface area contributed by atoms with Crippen molar-refractivity contribution in [2.75, 3.05) is 27.9 Å².